The Morgan fingerprint density at radius 2 is 1.72 bits per heavy atom. The quantitative estimate of drug-likeness (QED) is 0.590. The number of carbonyl (C=O) groups excluding carboxylic acids is 1. The van der Waals surface area contributed by atoms with Crippen LogP contribution in [0.3, 0.4) is 0 Å². The van der Waals surface area contributed by atoms with Gasteiger partial charge in [0.15, 0.2) is 0 Å². The van der Waals surface area contributed by atoms with Crippen molar-refractivity contribution in [2.24, 2.45) is 0 Å². The molecule has 2 N–H and O–H groups in total. The maximum absolute atomic E-state index is 13.8. The van der Waals surface area contributed by atoms with Crippen LogP contribution >= 0.6 is 0 Å². The van der Waals surface area contributed by atoms with Gasteiger partial charge in [0.25, 0.3) is 0 Å². The molecule has 0 aliphatic carbocycles. The van der Waals surface area contributed by atoms with E-state index in [4.69, 9.17) is 0 Å². The van der Waals surface area contributed by atoms with Gasteiger partial charge < -0.3 is 15.4 Å². The summed E-state index contributed by atoms with van der Waals surface area (Å²) >= 11 is 0. The molecule has 29 heavy (non-hydrogen) atoms. The Kier molecular flexibility index (Phi) is 4.54. The highest BCUT2D eigenvalue weighted by Crippen LogP contribution is 2.46. The Morgan fingerprint density at radius 1 is 0.966 bits per heavy atom. The molecule has 150 valence electrons. The molecule has 1 aliphatic heterocycles. The minimum Gasteiger partial charge on any atom is -0.409 e. The fourth-order valence-corrected chi connectivity index (χ4v) is 3.07. The molecule has 0 radical (unpaired) electrons. The zero-order valence-electron chi connectivity index (χ0n) is 14.7. The van der Waals surface area contributed by atoms with Crippen molar-refractivity contribution >= 4 is 22.5 Å². The number of halogens is 4. The van der Waals surface area contributed by atoms with Crippen LogP contribution in [0.2, 0.25) is 0 Å². The van der Waals surface area contributed by atoms with Gasteiger partial charge in [-0.15, -0.1) is 8.78 Å². The molecule has 0 saturated heterocycles. The molecule has 0 saturated carbocycles. The van der Waals surface area contributed by atoms with Crippen LogP contribution in [-0.2, 0) is 17.4 Å². The largest absolute Gasteiger partial charge is 0.540 e. The third-order valence-electron chi connectivity index (χ3n) is 4.35. The molecule has 1 heterocycles. The molecular weight excluding hydrogens is 392 g/mol. The summed E-state index contributed by atoms with van der Waals surface area (Å²) in [7, 11) is 0. The van der Waals surface area contributed by atoms with Gasteiger partial charge in [-0.25, -0.2) is 9.53 Å². The van der Waals surface area contributed by atoms with Gasteiger partial charge in [0, 0.05) is 12.2 Å². The van der Waals surface area contributed by atoms with Crippen LogP contribution in [0.5, 0.6) is 5.75 Å². The molecule has 5 nitrogen and oxygen atoms in total. The van der Waals surface area contributed by atoms with E-state index in [0.717, 1.165) is 28.5 Å². The van der Waals surface area contributed by atoms with Crippen LogP contribution in [-0.4, -0.2) is 12.3 Å². The van der Waals surface area contributed by atoms with Gasteiger partial charge in [0.2, 0.25) is 0 Å². The van der Waals surface area contributed by atoms with E-state index >= 15 is 0 Å². The second-order valence-corrected chi connectivity index (χ2v) is 6.34. The molecule has 3 aromatic rings. The predicted molar refractivity (Wildman–Crippen MR) is 96.8 cm³/mol. The maximum Gasteiger partial charge on any atom is 0.540 e. The second kappa shape index (κ2) is 6.93. The zero-order chi connectivity index (χ0) is 20.6. The van der Waals surface area contributed by atoms with Gasteiger partial charge in [-0.1, -0.05) is 42.5 Å². The number of urea groups is 1. The van der Waals surface area contributed by atoms with Crippen LogP contribution in [0.25, 0.3) is 10.8 Å². The van der Waals surface area contributed by atoms with Crippen molar-refractivity contribution in [3.8, 4) is 5.75 Å². The van der Waals surface area contributed by atoms with Gasteiger partial charge in [0.05, 0.1) is 5.56 Å². The molecule has 0 fully saturated rings. The van der Waals surface area contributed by atoms with Gasteiger partial charge >= 0.3 is 18.4 Å². The van der Waals surface area contributed by atoms with Crippen LogP contribution in [0.1, 0.15) is 11.1 Å². The van der Waals surface area contributed by atoms with E-state index in [2.05, 4.69) is 20.1 Å². The number of fused-ring (bicyclic) bond motifs is 2. The van der Waals surface area contributed by atoms with Crippen LogP contribution in [0.4, 0.5) is 28.0 Å². The fourth-order valence-electron chi connectivity index (χ4n) is 3.07. The summed E-state index contributed by atoms with van der Waals surface area (Å²) in [4.78, 5) is 12.2. The molecule has 0 spiro atoms. The third kappa shape index (κ3) is 3.95. The Balaban J connectivity index is 1.47. The monoisotopic (exact) mass is 406 g/mol. The van der Waals surface area contributed by atoms with Crippen molar-refractivity contribution in [2.45, 2.75) is 18.9 Å². The second-order valence-electron chi connectivity index (χ2n) is 6.34. The van der Waals surface area contributed by atoms with Crippen LogP contribution in [0, 0.1) is 0 Å². The molecule has 0 bridgehead atoms. The lowest BCUT2D eigenvalue weighted by Crippen LogP contribution is -2.41. The lowest BCUT2D eigenvalue weighted by atomic mass is 10.0. The summed E-state index contributed by atoms with van der Waals surface area (Å²) in [5.41, 5.74) is -0.0641. The number of anilines is 1. The number of amides is 2. The van der Waals surface area contributed by atoms with E-state index < -0.39 is 29.7 Å². The molecule has 9 heteroatoms. The first-order chi connectivity index (χ1) is 13.7. The Labute approximate surface area is 162 Å². The number of hydrogen-bond donors (Lipinski definition) is 2. The molecule has 0 atom stereocenters. The Morgan fingerprint density at radius 3 is 2.55 bits per heavy atom. The fraction of sp³-hybridized carbons (Fsp3) is 0.150. The summed E-state index contributed by atoms with van der Waals surface area (Å²) in [5.74, 6) is -0.729. The van der Waals surface area contributed by atoms with E-state index in [9.17, 15) is 22.4 Å². The predicted octanol–water partition coefficient (Wildman–Crippen LogP) is 5.17. The Bertz CT molecular complexity index is 1080. The summed E-state index contributed by atoms with van der Waals surface area (Å²) < 4.78 is 61.2. The number of ether oxygens (including phenoxy) is 2. The maximum atomic E-state index is 13.8. The van der Waals surface area contributed by atoms with Gasteiger partial charge in [-0.05, 0) is 34.5 Å². The topological polar surface area (TPSA) is 59.6 Å². The smallest absolute Gasteiger partial charge is 0.409 e. The van der Waals surface area contributed by atoms with Crippen molar-refractivity contribution in [3.05, 3.63) is 71.8 Å². The SMILES string of the molecule is O=C(NCc1cccc2ccccc12)Nc1ccc2c(c1)C(F)(F)OC(F)(F)O2. The summed E-state index contributed by atoms with van der Waals surface area (Å²) in [6, 6.07) is 15.6. The number of hydrogen-bond acceptors (Lipinski definition) is 3. The van der Waals surface area contributed by atoms with E-state index in [-0.39, 0.29) is 12.2 Å². The number of nitrogens with one attached hydrogen (secondary N) is 2. The number of benzene rings is 3. The summed E-state index contributed by atoms with van der Waals surface area (Å²) in [5, 5.41) is 7.01. The first kappa shape index (κ1) is 19.0. The minimum absolute atomic E-state index is 0.0312. The van der Waals surface area contributed by atoms with Crippen molar-refractivity contribution in [1.29, 1.82) is 0 Å². The van der Waals surface area contributed by atoms with E-state index in [1.54, 1.807) is 0 Å². The van der Waals surface area contributed by atoms with Gasteiger partial charge in [-0.3, -0.25) is 0 Å². The van der Waals surface area contributed by atoms with Gasteiger partial charge in [0.1, 0.15) is 5.75 Å². The molecular formula is C20H14F4N2O3. The Hall–Kier alpha value is -3.33. The van der Waals surface area contributed by atoms with E-state index in [1.165, 1.54) is 6.07 Å². The normalized spacial score (nSPS) is 16.6. The van der Waals surface area contributed by atoms with Crippen molar-refractivity contribution in [1.82, 2.24) is 5.32 Å². The average molecular weight is 406 g/mol. The number of carbonyl (C=O) groups is 1. The lowest BCUT2D eigenvalue weighted by molar-refractivity contribution is -0.461. The summed E-state index contributed by atoms with van der Waals surface area (Å²) in [6.45, 7) is 0.201. The van der Waals surface area contributed by atoms with Crippen molar-refractivity contribution in [2.75, 3.05) is 5.32 Å². The minimum atomic E-state index is -4.44. The van der Waals surface area contributed by atoms with Gasteiger partial charge in [-0.2, -0.15) is 8.78 Å². The first-order valence-corrected chi connectivity index (χ1v) is 8.54. The van der Waals surface area contributed by atoms with Crippen molar-refractivity contribution < 1.29 is 31.8 Å². The molecule has 0 unspecified atom stereocenters. The van der Waals surface area contributed by atoms with E-state index in [0.29, 0.717) is 0 Å². The first-order valence-electron chi connectivity index (χ1n) is 8.54. The highest BCUT2D eigenvalue weighted by molar-refractivity contribution is 5.90. The third-order valence-corrected chi connectivity index (χ3v) is 4.35. The van der Waals surface area contributed by atoms with E-state index in [1.807, 2.05) is 42.5 Å². The standard InChI is InChI=1S/C20H14F4N2O3/c21-19(22)16-10-14(8-9-17(16)28-20(23,24)29-19)26-18(27)25-11-13-6-3-5-12-4-1-2-7-15(12)13/h1-10H,11H2,(H2,25,26,27). The summed E-state index contributed by atoms with van der Waals surface area (Å²) in [6.07, 6.45) is -8.71. The highest BCUT2D eigenvalue weighted by atomic mass is 19.3. The highest BCUT2D eigenvalue weighted by Gasteiger charge is 2.54. The molecule has 2 amide bonds. The molecule has 0 aromatic heterocycles. The lowest BCUT2D eigenvalue weighted by Gasteiger charge is -2.30. The molecule has 3 aromatic carbocycles. The zero-order valence-corrected chi connectivity index (χ0v) is 14.7. The average Bonchev–Trinajstić information content (AvgIpc) is 2.65. The number of alkyl halides is 4. The molecule has 1 aliphatic rings. The van der Waals surface area contributed by atoms with Crippen LogP contribution < -0.4 is 15.4 Å². The van der Waals surface area contributed by atoms with Crippen LogP contribution in [0.15, 0.2) is 60.7 Å². The van der Waals surface area contributed by atoms with Crippen molar-refractivity contribution in [3.63, 3.8) is 0 Å². The molecule has 4 rings (SSSR count). The number of rotatable bonds is 3.